The van der Waals surface area contributed by atoms with Crippen molar-refractivity contribution in [2.45, 2.75) is 26.2 Å². The molecule has 0 atom stereocenters. The molecule has 0 saturated heterocycles. The van der Waals surface area contributed by atoms with E-state index in [-0.39, 0.29) is 5.41 Å². The number of benzene rings is 2. The lowest BCUT2D eigenvalue weighted by atomic mass is 9.78. The molecule has 2 rings (SSSR count). The van der Waals surface area contributed by atoms with E-state index in [9.17, 15) is 4.79 Å². The fraction of sp³-hybridized carbons (Fsp3) is 0.235. The van der Waals surface area contributed by atoms with Crippen LogP contribution in [-0.4, -0.2) is 5.24 Å². The third kappa shape index (κ3) is 2.87. The Kier molecular flexibility index (Phi) is 3.77. The molecule has 0 saturated carbocycles. The summed E-state index contributed by atoms with van der Waals surface area (Å²) in [7, 11) is 0. The van der Waals surface area contributed by atoms with Crippen molar-refractivity contribution in [3.63, 3.8) is 0 Å². The third-order valence-corrected chi connectivity index (χ3v) is 3.83. The quantitative estimate of drug-likeness (QED) is 0.740. The molecule has 0 unspecified atom stereocenters. The van der Waals surface area contributed by atoms with Crippen LogP contribution in [0.15, 0.2) is 48.5 Å². The number of aryl methyl sites for hydroxylation is 1. The monoisotopic (exact) mass is 272 g/mol. The average Bonchev–Trinajstić information content (AvgIpc) is 2.39. The molecule has 2 heteroatoms. The van der Waals surface area contributed by atoms with Crippen LogP contribution in [-0.2, 0) is 5.41 Å². The van der Waals surface area contributed by atoms with Crippen LogP contribution in [0.5, 0.6) is 0 Å². The zero-order chi connectivity index (χ0) is 14.0. The van der Waals surface area contributed by atoms with Crippen molar-refractivity contribution in [1.29, 1.82) is 0 Å². The summed E-state index contributed by atoms with van der Waals surface area (Å²) < 4.78 is 0. The van der Waals surface area contributed by atoms with Crippen LogP contribution in [0, 0.1) is 6.92 Å². The van der Waals surface area contributed by atoms with Crippen LogP contribution in [0.1, 0.15) is 40.9 Å². The second-order valence-corrected chi connectivity index (χ2v) is 5.69. The summed E-state index contributed by atoms with van der Waals surface area (Å²) in [5, 5.41) is -0.417. The van der Waals surface area contributed by atoms with Crippen LogP contribution >= 0.6 is 11.6 Å². The molecule has 0 N–H and O–H groups in total. The largest absolute Gasteiger partial charge is 0.276 e. The molecule has 0 radical (unpaired) electrons. The Morgan fingerprint density at radius 2 is 1.32 bits per heavy atom. The van der Waals surface area contributed by atoms with E-state index < -0.39 is 5.24 Å². The maximum atomic E-state index is 11.1. The highest BCUT2D eigenvalue weighted by molar-refractivity contribution is 6.67. The van der Waals surface area contributed by atoms with Gasteiger partial charge in [-0.3, -0.25) is 4.79 Å². The van der Waals surface area contributed by atoms with Gasteiger partial charge in [-0.15, -0.1) is 0 Å². The fourth-order valence-electron chi connectivity index (χ4n) is 2.15. The van der Waals surface area contributed by atoms with Gasteiger partial charge < -0.3 is 0 Å². The number of carbonyl (C=O) groups is 1. The third-order valence-electron chi connectivity index (χ3n) is 3.61. The molecule has 0 aromatic heterocycles. The van der Waals surface area contributed by atoms with Gasteiger partial charge in [0.1, 0.15) is 0 Å². The van der Waals surface area contributed by atoms with E-state index in [0.29, 0.717) is 5.56 Å². The van der Waals surface area contributed by atoms with E-state index in [1.54, 1.807) is 12.1 Å². The van der Waals surface area contributed by atoms with Gasteiger partial charge in [-0.1, -0.05) is 55.8 Å². The molecule has 0 amide bonds. The van der Waals surface area contributed by atoms with Crippen molar-refractivity contribution in [1.82, 2.24) is 0 Å². The fourth-order valence-corrected chi connectivity index (χ4v) is 2.28. The van der Waals surface area contributed by atoms with E-state index in [4.69, 9.17) is 11.6 Å². The summed E-state index contributed by atoms with van der Waals surface area (Å²) >= 11 is 5.47. The predicted octanol–water partition coefficient (Wildman–Crippen LogP) is 4.70. The highest BCUT2D eigenvalue weighted by atomic mass is 35.5. The molecule has 19 heavy (non-hydrogen) atoms. The first-order valence-electron chi connectivity index (χ1n) is 6.29. The van der Waals surface area contributed by atoms with Gasteiger partial charge in [-0.25, -0.2) is 0 Å². The molecule has 0 bridgehead atoms. The number of rotatable bonds is 3. The molecule has 1 nitrogen and oxygen atoms in total. The summed E-state index contributed by atoms with van der Waals surface area (Å²) in [5.41, 5.74) is 4.11. The topological polar surface area (TPSA) is 17.1 Å². The van der Waals surface area contributed by atoms with E-state index in [2.05, 4.69) is 45.0 Å². The molecule has 0 aliphatic rings. The van der Waals surface area contributed by atoms with Crippen LogP contribution in [0.25, 0.3) is 0 Å². The normalized spacial score (nSPS) is 11.4. The van der Waals surface area contributed by atoms with Crippen molar-refractivity contribution >= 4 is 16.8 Å². The molecular formula is C17H17ClO. The van der Waals surface area contributed by atoms with Crippen LogP contribution in [0.2, 0.25) is 0 Å². The minimum absolute atomic E-state index is 0.0956. The summed E-state index contributed by atoms with van der Waals surface area (Å²) in [5.74, 6) is 0. The molecule has 0 heterocycles. The van der Waals surface area contributed by atoms with Gasteiger partial charge in [0.2, 0.25) is 0 Å². The minimum atomic E-state index is -0.417. The molecule has 2 aromatic rings. The number of hydrogen-bond donors (Lipinski definition) is 0. The van der Waals surface area contributed by atoms with Gasteiger partial charge in [-0.2, -0.15) is 0 Å². The standard InChI is InChI=1S/C17H17ClO/c1-12-4-8-14(9-5-12)17(2,3)15-10-6-13(7-11-15)16(18)19/h4-11H,1-3H3. The lowest BCUT2D eigenvalue weighted by Gasteiger charge is -2.26. The van der Waals surface area contributed by atoms with E-state index in [1.165, 1.54) is 11.1 Å². The van der Waals surface area contributed by atoms with Gasteiger partial charge in [-0.05, 0) is 41.8 Å². The van der Waals surface area contributed by atoms with Gasteiger partial charge in [0.25, 0.3) is 5.24 Å². The molecule has 0 aliphatic heterocycles. The Hall–Kier alpha value is -1.60. The van der Waals surface area contributed by atoms with Gasteiger partial charge >= 0.3 is 0 Å². The summed E-state index contributed by atoms with van der Waals surface area (Å²) in [6.45, 7) is 6.43. The van der Waals surface area contributed by atoms with Gasteiger partial charge in [0, 0.05) is 11.0 Å². The summed E-state index contributed by atoms with van der Waals surface area (Å²) in [6.07, 6.45) is 0. The molecule has 0 spiro atoms. The van der Waals surface area contributed by atoms with E-state index in [1.807, 2.05) is 12.1 Å². The number of carbonyl (C=O) groups excluding carboxylic acids is 1. The van der Waals surface area contributed by atoms with E-state index >= 15 is 0 Å². The van der Waals surface area contributed by atoms with Gasteiger partial charge in [0.05, 0.1) is 0 Å². The first kappa shape index (κ1) is 13.8. The zero-order valence-electron chi connectivity index (χ0n) is 11.4. The Labute approximate surface area is 119 Å². The van der Waals surface area contributed by atoms with Crippen LogP contribution < -0.4 is 0 Å². The highest BCUT2D eigenvalue weighted by Gasteiger charge is 2.22. The second-order valence-electron chi connectivity index (χ2n) is 5.34. The lowest BCUT2D eigenvalue weighted by molar-refractivity contribution is 0.108. The Morgan fingerprint density at radius 1 is 0.895 bits per heavy atom. The summed E-state index contributed by atoms with van der Waals surface area (Å²) in [4.78, 5) is 11.1. The minimum Gasteiger partial charge on any atom is -0.276 e. The van der Waals surface area contributed by atoms with Crippen LogP contribution in [0.4, 0.5) is 0 Å². The van der Waals surface area contributed by atoms with Crippen molar-refractivity contribution in [2.24, 2.45) is 0 Å². The maximum Gasteiger partial charge on any atom is 0.252 e. The van der Waals surface area contributed by atoms with Crippen molar-refractivity contribution in [3.8, 4) is 0 Å². The van der Waals surface area contributed by atoms with Crippen molar-refractivity contribution in [3.05, 3.63) is 70.8 Å². The molecule has 2 aromatic carbocycles. The van der Waals surface area contributed by atoms with Crippen molar-refractivity contribution < 1.29 is 4.79 Å². The smallest absolute Gasteiger partial charge is 0.252 e. The SMILES string of the molecule is Cc1ccc(C(C)(C)c2ccc(C(=O)Cl)cc2)cc1. The van der Waals surface area contributed by atoms with Crippen LogP contribution in [0.3, 0.4) is 0 Å². The Morgan fingerprint density at radius 3 is 1.74 bits per heavy atom. The number of halogens is 1. The molecule has 0 aliphatic carbocycles. The second kappa shape index (κ2) is 5.18. The number of hydrogen-bond acceptors (Lipinski definition) is 1. The Balaban J connectivity index is 2.38. The first-order chi connectivity index (χ1) is 8.91. The first-order valence-corrected chi connectivity index (χ1v) is 6.66. The molecule has 98 valence electrons. The predicted molar refractivity (Wildman–Crippen MR) is 79.9 cm³/mol. The van der Waals surface area contributed by atoms with E-state index in [0.717, 1.165) is 5.56 Å². The molecule has 0 fully saturated rings. The van der Waals surface area contributed by atoms with Gasteiger partial charge in [0.15, 0.2) is 0 Å². The van der Waals surface area contributed by atoms with Crippen molar-refractivity contribution in [2.75, 3.05) is 0 Å². The zero-order valence-corrected chi connectivity index (χ0v) is 12.2. The lowest BCUT2D eigenvalue weighted by Crippen LogP contribution is -2.18. The maximum absolute atomic E-state index is 11.1. The average molecular weight is 273 g/mol. The highest BCUT2D eigenvalue weighted by Crippen LogP contribution is 2.31. The Bertz CT molecular complexity index is 580. The summed E-state index contributed by atoms with van der Waals surface area (Å²) in [6, 6.07) is 16.0. The molecular weight excluding hydrogens is 256 g/mol.